The molecule has 1 N–H and O–H groups in total. The van der Waals surface area contributed by atoms with Crippen molar-refractivity contribution in [3.8, 4) is 6.01 Å². The SMILES string of the molecule is CC(=O)NCC(=O)N1CCCC(Oc2nc(C)cc(C)n2)C1. The molecule has 0 aliphatic carbocycles. The molecule has 1 saturated heterocycles. The van der Waals surface area contributed by atoms with Crippen LogP contribution in [0.25, 0.3) is 0 Å². The van der Waals surface area contributed by atoms with E-state index in [0.717, 1.165) is 24.2 Å². The molecule has 1 aromatic rings. The van der Waals surface area contributed by atoms with Crippen molar-refractivity contribution >= 4 is 11.8 Å². The van der Waals surface area contributed by atoms with Crippen LogP contribution in [-0.2, 0) is 9.59 Å². The summed E-state index contributed by atoms with van der Waals surface area (Å²) >= 11 is 0. The molecule has 2 amide bonds. The maximum absolute atomic E-state index is 12.0. The summed E-state index contributed by atoms with van der Waals surface area (Å²) in [5.74, 6) is -0.299. The molecule has 1 aliphatic rings. The highest BCUT2D eigenvalue weighted by Crippen LogP contribution is 2.16. The molecular formula is C15H22N4O3. The predicted octanol–water partition coefficient (Wildman–Crippen LogP) is 0.599. The van der Waals surface area contributed by atoms with E-state index in [4.69, 9.17) is 4.74 Å². The Hall–Kier alpha value is -2.18. The van der Waals surface area contributed by atoms with Crippen molar-refractivity contribution < 1.29 is 14.3 Å². The normalized spacial score (nSPS) is 18.0. The first-order valence-corrected chi connectivity index (χ1v) is 7.45. The number of carbonyl (C=O) groups is 2. The Morgan fingerprint density at radius 2 is 2.05 bits per heavy atom. The lowest BCUT2D eigenvalue weighted by Crippen LogP contribution is -2.47. The first-order chi connectivity index (χ1) is 10.4. The van der Waals surface area contributed by atoms with Crippen molar-refractivity contribution in [3.63, 3.8) is 0 Å². The van der Waals surface area contributed by atoms with Crippen molar-refractivity contribution in [2.45, 2.75) is 39.7 Å². The van der Waals surface area contributed by atoms with E-state index in [-0.39, 0.29) is 24.5 Å². The van der Waals surface area contributed by atoms with E-state index >= 15 is 0 Å². The molecule has 2 rings (SSSR count). The number of hydrogen-bond donors (Lipinski definition) is 1. The van der Waals surface area contributed by atoms with Crippen molar-refractivity contribution in [1.82, 2.24) is 20.2 Å². The second-order valence-electron chi connectivity index (χ2n) is 5.56. The predicted molar refractivity (Wildman–Crippen MR) is 80.4 cm³/mol. The zero-order valence-corrected chi connectivity index (χ0v) is 13.3. The fourth-order valence-corrected chi connectivity index (χ4v) is 2.47. The van der Waals surface area contributed by atoms with Crippen LogP contribution in [0.1, 0.15) is 31.2 Å². The average Bonchev–Trinajstić information content (AvgIpc) is 2.44. The smallest absolute Gasteiger partial charge is 0.317 e. The van der Waals surface area contributed by atoms with Crippen LogP contribution in [-0.4, -0.2) is 52.4 Å². The molecule has 0 spiro atoms. The number of amides is 2. The highest BCUT2D eigenvalue weighted by atomic mass is 16.5. The number of piperidine rings is 1. The fraction of sp³-hybridized carbons (Fsp3) is 0.600. The fourth-order valence-electron chi connectivity index (χ4n) is 2.47. The minimum Gasteiger partial charge on any atom is -0.458 e. The zero-order valence-electron chi connectivity index (χ0n) is 13.3. The van der Waals surface area contributed by atoms with Gasteiger partial charge in [-0.1, -0.05) is 0 Å². The molecule has 0 radical (unpaired) electrons. The lowest BCUT2D eigenvalue weighted by atomic mass is 10.1. The van der Waals surface area contributed by atoms with E-state index in [1.165, 1.54) is 6.92 Å². The van der Waals surface area contributed by atoms with Crippen molar-refractivity contribution in [3.05, 3.63) is 17.5 Å². The third-order valence-corrected chi connectivity index (χ3v) is 3.45. The lowest BCUT2D eigenvalue weighted by Gasteiger charge is -2.32. The van der Waals surface area contributed by atoms with Crippen molar-refractivity contribution in [1.29, 1.82) is 0 Å². The molecule has 22 heavy (non-hydrogen) atoms. The Labute approximate surface area is 130 Å². The van der Waals surface area contributed by atoms with Crippen molar-refractivity contribution in [2.24, 2.45) is 0 Å². The van der Waals surface area contributed by atoms with Crippen LogP contribution in [0.2, 0.25) is 0 Å². The third-order valence-electron chi connectivity index (χ3n) is 3.45. The Morgan fingerprint density at radius 3 is 2.68 bits per heavy atom. The number of ether oxygens (including phenoxy) is 1. The van der Waals surface area contributed by atoms with E-state index in [1.54, 1.807) is 4.90 Å². The molecular weight excluding hydrogens is 284 g/mol. The summed E-state index contributed by atoms with van der Waals surface area (Å²) in [6, 6.07) is 2.25. The van der Waals surface area contributed by atoms with Crippen LogP contribution in [0.3, 0.4) is 0 Å². The number of carbonyl (C=O) groups excluding carboxylic acids is 2. The van der Waals surface area contributed by atoms with Gasteiger partial charge in [-0.2, -0.15) is 0 Å². The number of rotatable bonds is 4. The third kappa shape index (κ3) is 4.68. The van der Waals surface area contributed by atoms with Crippen LogP contribution in [0.4, 0.5) is 0 Å². The molecule has 1 aliphatic heterocycles. The minimum absolute atomic E-state index is 0.0299. The molecule has 0 saturated carbocycles. The number of likely N-dealkylation sites (tertiary alicyclic amines) is 1. The number of aryl methyl sites for hydroxylation is 2. The van der Waals surface area contributed by atoms with E-state index in [9.17, 15) is 9.59 Å². The number of aromatic nitrogens is 2. The molecule has 1 fully saturated rings. The largest absolute Gasteiger partial charge is 0.458 e. The van der Waals surface area contributed by atoms with Gasteiger partial charge >= 0.3 is 6.01 Å². The van der Waals surface area contributed by atoms with Gasteiger partial charge in [0.05, 0.1) is 13.1 Å². The van der Waals surface area contributed by atoms with Crippen LogP contribution >= 0.6 is 0 Å². The standard InChI is InChI=1S/C15H22N4O3/c1-10-7-11(2)18-15(17-10)22-13-5-4-6-19(9-13)14(21)8-16-12(3)20/h7,13H,4-6,8-9H2,1-3H3,(H,16,20). The van der Waals surface area contributed by atoms with E-state index in [0.29, 0.717) is 19.1 Å². The van der Waals surface area contributed by atoms with Gasteiger partial charge in [-0.3, -0.25) is 9.59 Å². The molecule has 2 heterocycles. The molecule has 120 valence electrons. The van der Waals surface area contributed by atoms with Crippen LogP contribution in [0.5, 0.6) is 6.01 Å². The summed E-state index contributed by atoms with van der Waals surface area (Å²) in [7, 11) is 0. The number of nitrogens with one attached hydrogen (secondary N) is 1. The summed E-state index contributed by atoms with van der Waals surface area (Å²) in [4.78, 5) is 33.2. The quantitative estimate of drug-likeness (QED) is 0.880. The topological polar surface area (TPSA) is 84.4 Å². The van der Waals surface area contributed by atoms with E-state index in [1.807, 2.05) is 19.9 Å². The summed E-state index contributed by atoms with van der Waals surface area (Å²) < 4.78 is 5.82. The summed E-state index contributed by atoms with van der Waals surface area (Å²) in [5, 5.41) is 2.53. The van der Waals surface area contributed by atoms with E-state index in [2.05, 4.69) is 15.3 Å². The van der Waals surface area contributed by atoms with Gasteiger partial charge in [-0.25, -0.2) is 9.97 Å². The second kappa shape index (κ2) is 7.20. The lowest BCUT2D eigenvalue weighted by molar-refractivity contribution is -0.134. The Balaban J connectivity index is 1.92. The van der Waals surface area contributed by atoms with Gasteiger partial charge in [0, 0.05) is 24.9 Å². The second-order valence-corrected chi connectivity index (χ2v) is 5.56. The number of nitrogens with zero attached hydrogens (tertiary/aromatic N) is 3. The molecule has 7 nitrogen and oxygen atoms in total. The summed E-state index contributed by atoms with van der Waals surface area (Å²) in [6.07, 6.45) is 1.61. The highest BCUT2D eigenvalue weighted by molar-refractivity contribution is 5.83. The molecule has 0 bridgehead atoms. The first-order valence-electron chi connectivity index (χ1n) is 7.45. The Kier molecular flexibility index (Phi) is 5.30. The molecule has 1 aromatic heterocycles. The van der Waals surface area contributed by atoms with Gasteiger partial charge in [0.25, 0.3) is 0 Å². The first kappa shape index (κ1) is 16.2. The highest BCUT2D eigenvalue weighted by Gasteiger charge is 2.25. The molecule has 0 aromatic carbocycles. The van der Waals surface area contributed by atoms with Crippen LogP contribution in [0.15, 0.2) is 6.07 Å². The van der Waals surface area contributed by atoms with Gasteiger partial charge in [-0.05, 0) is 32.8 Å². The van der Waals surface area contributed by atoms with Gasteiger partial charge < -0.3 is 15.0 Å². The molecule has 1 atom stereocenters. The minimum atomic E-state index is -0.207. The maximum Gasteiger partial charge on any atom is 0.317 e. The van der Waals surface area contributed by atoms with Gasteiger partial charge in [0.2, 0.25) is 11.8 Å². The summed E-state index contributed by atoms with van der Waals surface area (Å²) in [5.41, 5.74) is 1.72. The Bertz CT molecular complexity index is 541. The summed E-state index contributed by atoms with van der Waals surface area (Å²) in [6.45, 7) is 6.40. The number of hydrogen-bond acceptors (Lipinski definition) is 5. The van der Waals surface area contributed by atoms with Crippen LogP contribution < -0.4 is 10.1 Å². The molecule has 1 unspecified atom stereocenters. The molecule has 7 heteroatoms. The zero-order chi connectivity index (χ0) is 16.1. The van der Waals surface area contributed by atoms with Gasteiger partial charge in [0.15, 0.2) is 0 Å². The Morgan fingerprint density at radius 1 is 1.36 bits per heavy atom. The van der Waals surface area contributed by atoms with Crippen molar-refractivity contribution in [2.75, 3.05) is 19.6 Å². The van der Waals surface area contributed by atoms with Gasteiger partial charge in [-0.15, -0.1) is 0 Å². The monoisotopic (exact) mass is 306 g/mol. The van der Waals surface area contributed by atoms with Crippen LogP contribution in [0, 0.1) is 13.8 Å². The maximum atomic E-state index is 12.0. The van der Waals surface area contributed by atoms with Gasteiger partial charge in [0.1, 0.15) is 6.10 Å². The van der Waals surface area contributed by atoms with E-state index < -0.39 is 0 Å². The average molecular weight is 306 g/mol.